The minimum Gasteiger partial charge on any atom is -0.454 e. The van der Waals surface area contributed by atoms with E-state index in [-0.39, 0.29) is 17.6 Å². The Morgan fingerprint density at radius 2 is 1.75 bits per heavy atom. The highest BCUT2D eigenvalue weighted by Gasteiger charge is 2.89. The van der Waals surface area contributed by atoms with Crippen molar-refractivity contribution in [3.63, 3.8) is 0 Å². The number of esters is 2. The Morgan fingerprint density at radius 1 is 1.09 bits per heavy atom. The van der Waals surface area contributed by atoms with Crippen LogP contribution in [-0.2, 0) is 28.7 Å². The summed E-state index contributed by atoms with van der Waals surface area (Å²) in [6.45, 7) is 11.4. The standard InChI is InChI=1S/C35H48O9/c1-8-10-11-12-13-14-15-16-25(37)44-35-28(32(35,6)7)26-27(38)23(19-36)18-33(41)24(17-21(4)29(33)39)34(26,42)22(5)30(35)43-31(40)20(3)9-2/h9,13-14,17-18,22,24,26,28,30,36,41-42H,8,10-12,15-16,19H2,1-7H3/b14-13-,20-9+/t22-,24-,26+,28-,30-,33-,34+,35-/m1/s1. The van der Waals surface area contributed by atoms with Crippen molar-refractivity contribution in [3.8, 4) is 0 Å². The molecule has 8 atom stereocenters. The number of ether oxygens (including phenoxy) is 2. The van der Waals surface area contributed by atoms with Crippen molar-refractivity contribution >= 4 is 23.5 Å². The van der Waals surface area contributed by atoms with Crippen LogP contribution in [-0.4, -0.2) is 68.3 Å². The molecule has 0 aromatic carbocycles. The highest BCUT2D eigenvalue weighted by molar-refractivity contribution is 6.09. The Morgan fingerprint density at radius 3 is 2.36 bits per heavy atom. The van der Waals surface area contributed by atoms with Crippen molar-refractivity contribution in [3.05, 3.63) is 47.1 Å². The first kappa shape index (κ1) is 34.0. The summed E-state index contributed by atoms with van der Waals surface area (Å²) in [5, 5.41) is 34.8. The highest BCUT2D eigenvalue weighted by atomic mass is 16.6. The van der Waals surface area contributed by atoms with Gasteiger partial charge in [-0.2, -0.15) is 0 Å². The van der Waals surface area contributed by atoms with E-state index >= 15 is 0 Å². The Kier molecular flexibility index (Phi) is 9.38. The zero-order valence-electron chi connectivity index (χ0n) is 27.0. The van der Waals surface area contributed by atoms with Gasteiger partial charge in [0.25, 0.3) is 0 Å². The lowest BCUT2D eigenvalue weighted by atomic mass is 9.58. The SMILES string of the molecule is C/C=C(\C)C(=O)O[C@@H]1[C@@H](C)[C@@]2(O)[C@@H](C(=O)C(CO)=C[C@]3(O)C(=O)C(C)=C[C@@H]23)[C@@H]2C(C)(C)[C@]12OC(=O)CC/C=C\CCCCC. The van der Waals surface area contributed by atoms with Crippen LogP contribution in [0.1, 0.15) is 87.0 Å². The molecule has 0 unspecified atom stereocenters. The number of aliphatic hydroxyl groups excluding tert-OH is 1. The normalized spacial score (nSPS) is 37.4. The minimum absolute atomic E-state index is 0.0707. The smallest absolute Gasteiger partial charge is 0.333 e. The number of hydrogen-bond acceptors (Lipinski definition) is 9. The number of ketones is 2. The molecule has 4 aliphatic rings. The maximum absolute atomic E-state index is 14.2. The number of unbranched alkanes of at least 4 members (excludes halogenated alkanes) is 3. The number of fused-ring (bicyclic) bond motifs is 5. The zero-order valence-corrected chi connectivity index (χ0v) is 27.0. The van der Waals surface area contributed by atoms with Crippen molar-refractivity contribution in [2.24, 2.45) is 29.1 Å². The molecule has 0 saturated heterocycles. The Hall–Kier alpha value is -2.88. The molecule has 0 radical (unpaired) electrons. The summed E-state index contributed by atoms with van der Waals surface area (Å²) in [6, 6.07) is 0. The van der Waals surface area contributed by atoms with E-state index in [4.69, 9.17) is 9.47 Å². The second-order valence-corrected chi connectivity index (χ2v) is 13.6. The van der Waals surface area contributed by atoms with Crippen LogP contribution in [0.4, 0.5) is 0 Å². The molecule has 2 saturated carbocycles. The van der Waals surface area contributed by atoms with E-state index in [1.54, 1.807) is 40.7 Å². The lowest BCUT2D eigenvalue weighted by Gasteiger charge is -2.52. The summed E-state index contributed by atoms with van der Waals surface area (Å²) in [5.41, 5.74) is -6.51. The maximum atomic E-state index is 14.2. The predicted molar refractivity (Wildman–Crippen MR) is 163 cm³/mol. The van der Waals surface area contributed by atoms with E-state index in [1.165, 1.54) is 13.0 Å². The topological polar surface area (TPSA) is 147 Å². The summed E-state index contributed by atoms with van der Waals surface area (Å²) in [5.74, 6) is -6.98. The summed E-state index contributed by atoms with van der Waals surface area (Å²) in [4.78, 5) is 54.1. The molecule has 242 valence electrons. The molecule has 0 aromatic rings. The molecular formula is C35H48O9. The van der Waals surface area contributed by atoms with Crippen LogP contribution in [0.3, 0.4) is 0 Å². The van der Waals surface area contributed by atoms with E-state index < -0.39 is 82.1 Å². The number of aliphatic hydroxyl groups is 3. The number of rotatable bonds is 11. The number of allylic oxidation sites excluding steroid dienone is 3. The van der Waals surface area contributed by atoms with Crippen molar-refractivity contribution in [2.75, 3.05) is 6.61 Å². The van der Waals surface area contributed by atoms with E-state index in [1.807, 2.05) is 12.2 Å². The van der Waals surface area contributed by atoms with Gasteiger partial charge >= 0.3 is 11.9 Å². The zero-order chi connectivity index (χ0) is 32.8. The van der Waals surface area contributed by atoms with Crippen LogP contribution in [0.2, 0.25) is 0 Å². The molecule has 2 fully saturated rings. The average molecular weight is 613 g/mol. The van der Waals surface area contributed by atoms with Crippen LogP contribution in [0.5, 0.6) is 0 Å². The lowest BCUT2D eigenvalue weighted by Crippen LogP contribution is -2.67. The van der Waals surface area contributed by atoms with E-state index in [9.17, 15) is 34.5 Å². The fraction of sp³-hybridized carbons (Fsp3) is 0.657. The fourth-order valence-electron chi connectivity index (χ4n) is 8.18. The van der Waals surface area contributed by atoms with Crippen molar-refractivity contribution < 1.29 is 44.0 Å². The predicted octanol–water partition coefficient (Wildman–Crippen LogP) is 4.09. The molecule has 9 nitrogen and oxygen atoms in total. The Labute approximate surface area is 260 Å². The quantitative estimate of drug-likeness (QED) is 0.136. The molecule has 44 heavy (non-hydrogen) atoms. The van der Waals surface area contributed by atoms with Crippen LogP contribution >= 0.6 is 0 Å². The molecule has 0 heterocycles. The molecular weight excluding hydrogens is 564 g/mol. The third kappa shape index (κ3) is 4.95. The molecule has 0 amide bonds. The maximum Gasteiger partial charge on any atom is 0.333 e. The van der Waals surface area contributed by atoms with Crippen molar-refractivity contribution in [1.29, 1.82) is 0 Å². The van der Waals surface area contributed by atoms with Crippen LogP contribution in [0.25, 0.3) is 0 Å². The van der Waals surface area contributed by atoms with Crippen LogP contribution in [0, 0.1) is 29.1 Å². The van der Waals surface area contributed by atoms with Gasteiger partial charge in [0.2, 0.25) is 0 Å². The van der Waals surface area contributed by atoms with Crippen molar-refractivity contribution in [2.45, 2.75) is 110 Å². The van der Waals surface area contributed by atoms with Crippen LogP contribution < -0.4 is 0 Å². The van der Waals surface area contributed by atoms with E-state index in [0.29, 0.717) is 12.0 Å². The molecule has 0 aromatic heterocycles. The molecule has 0 aliphatic heterocycles. The van der Waals surface area contributed by atoms with Gasteiger partial charge in [-0.15, -0.1) is 0 Å². The molecule has 9 heteroatoms. The average Bonchev–Trinajstić information content (AvgIpc) is 3.38. The Balaban J connectivity index is 1.79. The summed E-state index contributed by atoms with van der Waals surface area (Å²) in [7, 11) is 0. The van der Waals surface area contributed by atoms with Gasteiger partial charge in [0.05, 0.1) is 18.1 Å². The summed E-state index contributed by atoms with van der Waals surface area (Å²) >= 11 is 0. The minimum atomic E-state index is -2.29. The molecule has 0 bridgehead atoms. The van der Waals surface area contributed by atoms with Gasteiger partial charge in [-0.05, 0) is 51.7 Å². The first-order valence-electron chi connectivity index (χ1n) is 15.9. The van der Waals surface area contributed by atoms with Crippen molar-refractivity contribution in [1.82, 2.24) is 0 Å². The van der Waals surface area contributed by atoms with E-state index in [2.05, 4.69) is 6.92 Å². The summed E-state index contributed by atoms with van der Waals surface area (Å²) in [6.07, 6.45) is 11.7. The second kappa shape index (κ2) is 12.1. The largest absolute Gasteiger partial charge is 0.454 e. The van der Waals surface area contributed by atoms with Crippen LogP contribution in [0.15, 0.2) is 47.1 Å². The third-order valence-electron chi connectivity index (χ3n) is 10.8. The first-order chi connectivity index (χ1) is 20.6. The summed E-state index contributed by atoms with van der Waals surface area (Å²) < 4.78 is 12.4. The third-order valence-corrected chi connectivity index (χ3v) is 10.8. The highest BCUT2D eigenvalue weighted by Crippen LogP contribution is 2.77. The lowest BCUT2D eigenvalue weighted by molar-refractivity contribution is -0.228. The number of carbonyl (C=O) groups is 4. The fourth-order valence-corrected chi connectivity index (χ4v) is 8.18. The van der Waals surface area contributed by atoms with Gasteiger partial charge in [0.15, 0.2) is 22.8 Å². The van der Waals surface area contributed by atoms with Gasteiger partial charge in [-0.25, -0.2) is 4.79 Å². The second-order valence-electron chi connectivity index (χ2n) is 13.6. The van der Waals surface area contributed by atoms with Gasteiger partial charge in [-0.1, -0.05) is 64.8 Å². The first-order valence-corrected chi connectivity index (χ1v) is 15.9. The number of Topliss-reactive ketones (excluding diaryl/α,β-unsaturated/α-hetero) is 2. The number of hydrogen-bond donors (Lipinski definition) is 3. The van der Waals surface area contributed by atoms with Gasteiger partial charge in [0, 0.05) is 40.7 Å². The molecule has 0 spiro atoms. The molecule has 4 rings (SSSR count). The Bertz CT molecular complexity index is 1340. The molecule has 3 N–H and O–H groups in total. The molecule has 4 aliphatic carbocycles. The van der Waals surface area contributed by atoms with Gasteiger partial charge in [-0.3, -0.25) is 14.4 Å². The number of carbonyl (C=O) groups excluding carboxylic acids is 4. The van der Waals surface area contributed by atoms with Gasteiger partial charge in [0.1, 0.15) is 6.10 Å². The van der Waals surface area contributed by atoms with E-state index in [0.717, 1.165) is 31.8 Å². The monoisotopic (exact) mass is 612 g/mol. The van der Waals surface area contributed by atoms with Gasteiger partial charge < -0.3 is 24.8 Å².